The van der Waals surface area contributed by atoms with Gasteiger partial charge in [-0.15, -0.1) is 0 Å². The number of methoxy groups -OCH3 is 1. The average Bonchev–Trinajstić information content (AvgIpc) is 3.65. The number of carbonyl (C=O) groups is 1. The van der Waals surface area contributed by atoms with E-state index in [4.69, 9.17) is 9.47 Å². The molecule has 5 N–H and O–H groups in total. The number of ether oxygens (including phenoxy) is 2. The first-order valence-corrected chi connectivity index (χ1v) is 30.2. The number of carboxylic acid groups (broad SMARTS) is 1. The minimum atomic E-state index is -5.24. The van der Waals surface area contributed by atoms with Gasteiger partial charge in [0, 0.05) is 71.8 Å². The highest BCUT2D eigenvalue weighted by molar-refractivity contribution is 7.87. The molecule has 402 valence electrons. The van der Waals surface area contributed by atoms with Gasteiger partial charge in [-0.3, -0.25) is 23.0 Å². The van der Waals surface area contributed by atoms with Crippen molar-refractivity contribution < 1.29 is 88.8 Å². The third-order valence-electron chi connectivity index (χ3n) is 13.0. The summed E-state index contributed by atoms with van der Waals surface area (Å²) in [7, 11) is -23.4. The van der Waals surface area contributed by atoms with E-state index >= 15 is 0 Å². The maximum Gasteiger partial charge on any atom is 0.303 e. The van der Waals surface area contributed by atoms with Crippen LogP contribution < -0.4 is 4.90 Å². The van der Waals surface area contributed by atoms with Crippen LogP contribution in [0.4, 0.5) is 11.4 Å². The van der Waals surface area contributed by atoms with Crippen LogP contribution >= 0.6 is 0 Å². The van der Waals surface area contributed by atoms with Gasteiger partial charge in [-0.2, -0.15) is 38.2 Å². The molecule has 2 heterocycles. The first kappa shape index (κ1) is 58.0. The highest BCUT2D eigenvalue weighted by atomic mass is 32.2. The summed E-state index contributed by atoms with van der Waals surface area (Å²) < 4.78 is 189. The summed E-state index contributed by atoms with van der Waals surface area (Å²) in [5.41, 5.74) is 0.687. The highest BCUT2D eigenvalue weighted by Crippen LogP contribution is 2.54. The molecule has 2 aliphatic rings. The molecule has 21 nitrogen and oxygen atoms in total. The zero-order chi connectivity index (χ0) is 54.8. The van der Waals surface area contributed by atoms with Crippen LogP contribution in [0.2, 0.25) is 0 Å². The topological polar surface area (TPSA) is 337 Å². The highest BCUT2D eigenvalue weighted by Gasteiger charge is 2.47. The van der Waals surface area contributed by atoms with Crippen molar-refractivity contribution in [3.63, 3.8) is 0 Å². The lowest BCUT2D eigenvalue weighted by atomic mass is 9.75. The number of hydrogen-bond donors (Lipinski definition) is 5. The molecule has 0 saturated carbocycles. The smallest absolute Gasteiger partial charge is 0.303 e. The van der Waals surface area contributed by atoms with Gasteiger partial charge >= 0.3 is 5.97 Å². The predicted octanol–water partition coefficient (Wildman–Crippen LogP) is 6.32. The Morgan fingerprint density at radius 1 is 0.689 bits per heavy atom. The van der Waals surface area contributed by atoms with Gasteiger partial charge in [0.05, 0.1) is 45.7 Å². The molecule has 0 spiro atoms. The average molecular weight is 1130 g/mol. The molecule has 0 amide bonds. The van der Waals surface area contributed by atoms with Crippen molar-refractivity contribution in [1.82, 2.24) is 0 Å². The van der Waals surface area contributed by atoms with Crippen molar-refractivity contribution >= 4 is 95.2 Å². The van der Waals surface area contributed by atoms with Gasteiger partial charge in [0.15, 0.2) is 5.71 Å². The maximum absolute atomic E-state index is 12.7. The van der Waals surface area contributed by atoms with Crippen molar-refractivity contribution in [2.75, 3.05) is 50.7 Å². The number of fused-ring (bicyclic) bond motifs is 6. The summed E-state index contributed by atoms with van der Waals surface area (Å²) in [5, 5.41) is 9.14. The number of hydrogen-bond acceptors (Lipinski definition) is 15. The molecule has 2 aliphatic heterocycles. The van der Waals surface area contributed by atoms with E-state index in [1.165, 1.54) is 19.2 Å². The molecule has 74 heavy (non-hydrogen) atoms. The number of benzene rings is 4. The van der Waals surface area contributed by atoms with Crippen LogP contribution in [-0.4, -0.2) is 132 Å². The summed E-state index contributed by atoms with van der Waals surface area (Å²) in [4.78, 5) is 9.78. The minimum Gasteiger partial charge on any atom is -0.744 e. The molecule has 1 atom stereocenters. The van der Waals surface area contributed by atoms with Gasteiger partial charge < -0.3 is 24.0 Å². The second-order valence-electron chi connectivity index (χ2n) is 18.4. The minimum absolute atomic E-state index is 0.00820. The number of allylic oxidation sites excluding steroid dienone is 8. The summed E-state index contributed by atoms with van der Waals surface area (Å²) in [5.74, 6) is -1.61. The van der Waals surface area contributed by atoms with Crippen LogP contribution in [0.3, 0.4) is 0 Å². The monoisotopic (exact) mass is 1120 g/mol. The van der Waals surface area contributed by atoms with Gasteiger partial charge in [0.1, 0.15) is 21.6 Å². The van der Waals surface area contributed by atoms with E-state index in [-0.39, 0.29) is 67.2 Å². The van der Waals surface area contributed by atoms with Crippen molar-refractivity contribution in [1.29, 1.82) is 0 Å². The molecule has 1 unspecified atom stereocenters. The zero-order valence-corrected chi connectivity index (χ0v) is 44.6. The Labute approximate surface area is 429 Å². The van der Waals surface area contributed by atoms with E-state index in [9.17, 15) is 74.8 Å². The van der Waals surface area contributed by atoms with Crippen LogP contribution in [0.5, 0.6) is 0 Å². The Kier molecular flexibility index (Phi) is 17.4. The van der Waals surface area contributed by atoms with Gasteiger partial charge in [0.2, 0.25) is 5.69 Å². The van der Waals surface area contributed by atoms with Gasteiger partial charge in [-0.25, -0.2) is 8.42 Å². The van der Waals surface area contributed by atoms with Crippen molar-refractivity contribution in [2.24, 2.45) is 0 Å². The van der Waals surface area contributed by atoms with E-state index in [2.05, 4.69) is 0 Å². The Bertz CT molecular complexity index is 3640. The lowest BCUT2D eigenvalue weighted by Gasteiger charge is -2.31. The molecule has 0 aliphatic carbocycles. The second kappa shape index (κ2) is 22.2. The molecule has 4 aromatic rings. The summed E-state index contributed by atoms with van der Waals surface area (Å²) >= 11 is 0. The summed E-state index contributed by atoms with van der Waals surface area (Å²) in [6.45, 7) is 6.47. The van der Waals surface area contributed by atoms with Gasteiger partial charge in [0.25, 0.3) is 40.5 Å². The lowest BCUT2D eigenvalue weighted by Crippen LogP contribution is -2.31. The fourth-order valence-corrected chi connectivity index (χ4v) is 13.0. The fraction of sp³-hybridized carbons (Fsp3) is 0.375. The lowest BCUT2D eigenvalue weighted by molar-refractivity contribution is -0.438. The third kappa shape index (κ3) is 12.9. The van der Waals surface area contributed by atoms with Gasteiger partial charge in [-0.1, -0.05) is 36.4 Å². The standard InChI is InChI=1S/C48H56N2O19S5/c1-47(2)42(49(22-12-8-11-16-44(51)52)38-19-17-34-36(45(38)47)28-32(71(56,57)58)30-40(34)73(62,63)64)14-9-6-5-7-10-15-43-48(3,21-13-27-70(53,54)55)46-37-29-33(72(59,60)61)31-41(74(65,66)67)35(37)18-20-39(46)50(43)23-24-69-26-25-68-4/h5-7,9-10,14-15,17-20,28-31H,8,11-13,16,21-27H2,1-4H3,(H5-,51,52,53,54,55,56,57,58,59,60,61,62,63,64,65,66,67). The zero-order valence-electron chi connectivity index (χ0n) is 40.5. The number of aliphatic carboxylic acids is 1. The molecule has 26 heteroatoms. The van der Waals surface area contributed by atoms with Crippen LogP contribution in [0.25, 0.3) is 21.5 Å². The molecule has 0 bridgehead atoms. The van der Waals surface area contributed by atoms with Crippen molar-refractivity contribution in [2.45, 2.75) is 89.7 Å². The Morgan fingerprint density at radius 2 is 1.28 bits per heavy atom. The summed E-state index contributed by atoms with van der Waals surface area (Å²) in [6, 6.07) is 9.36. The van der Waals surface area contributed by atoms with E-state index in [1.54, 1.807) is 61.6 Å². The number of anilines is 1. The first-order chi connectivity index (χ1) is 34.3. The third-order valence-corrected chi connectivity index (χ3v) is 17.2. The van der Waals surface area contributed by atoms with Crippen molar-refractivity contribution in [3.8, 4) is 0 Å². The molecule has 6 rings (SSSR count). The quantitative estimate of drug-likeness (QED) is 0.0222. The van der Waals surface area contributed by atoms with Crippen LogP contribution in [0.1, 0.15) is 70.4 Å². The number of unbranched alkanes of at least 4 members (excludes halogenated alkanes) is 2. The van der Waals surface area contributed by atoms with E-state index in [1.807, 2.05) is 23.3 Å². The molecule has 0 radical (unpaired) electrons. The predicted molar refractivity (Wildman–Crippen MR) is 273 cm³/mol. The Balaban J connectivity index is 1.45. The molecule has 0 fully saturated rings. The second-order valence-corrected chi connectivity index (χ2v) is 25.5. The van der Waals surface area contributed by atoms with E-state index < -0.39 is 92.7 Å². The van der Waals surface area contributed by atoms with E-state index in [0.29, 0.717) is 71.9 Å². The molecule has 0 aromatic heterocycles. The van der Waals surface area contributed by atoms with Crippen LogP contribution in [0.15, 0.2) is 116 Å². The van der Waals surface area contributed by atoms with Crippen LogP contribution in [0, 0.1) is 0 Å². The maximum atomic E-state index is 12.7. The van der Waals surface area contributed by atoms with Gasteiger partial charge in [-0.05, 0) is 105 Å². The van der Waals surface area contributed by atoms with Crippen LogP contribution in [-0.2, 0) is 75.7 Å². The molecular weight excluding hydrogens is 1070 g/mol. The van der Waals surface area contributed by atoms with E-state index in [0.717, 1.165) is 12.1 Å². The fourth-order valence-electron chi connectivity index (χ4n) is 9.81. The van der Waals surface area contributed by atoms with Crippen molar-refractivity contribution in [3.05, 3.63) is 108 Å². The molecule has 0 saturated heterocycles. The largest absolute Gasteiger partial charge is 0.744 e. The number of nitrogens with zero attached hydrogens (tertiary/aromatic N) is 2. The number of rotatable bonds is 24. The SMILES string of the molecule is COCCOCCN1C(=CC=CC=CC=CC2=[N+](CCCCCC(=O)O)c3ccc4c(S(=O)(=O)[O-])cc(S(=O)(=O)O)cc4c3C2(C)C)C(C)(CCCS(=O)(=O)O)c2c1ccc1c(S(=O)(=O)O)cc(S(=O)(=O)O)cc21. The Morgan fingerprint density at radius 3 is 1.88 bits per heavy atom. The summed E-state index contributed by atoms with van der Waals surface area (Å²) in [6.07, 6.45) is 13.1. The first-order valence-electron chi connectivity index (χ1n) is 22.8. The number of carboxylic acids is 1. The molecule has 4 aromatic carbocycles. The normalized spacial score (nSPS) is 18.1. The molecular formula is C48H56N2O19S5. The Hall–Kier alpha value is -5.23.